The molecule has 0 saturated carbocycles. The summed E-state index contributed by atoms with van der Waals surface area (Å²) in [6.07, 6.45) is 1.13. The van der Waals surface area contributed by atoms with E-state index < -0.39 is 0 Å². The normalized spacial score (nSPS) is 22.1. The standard InChI is InChI=1S/C15H17N3OS/c1-9-12(6-7-19-9)17-15-11(14(16)20)8-10-4-2-3-5-13(10)18-15/h2-5,8-9,12H,6-7H2,1H3,(H2,16,20)(H,17,18). The van der Waals surface area contributed by atoms with Crippen molar-refractivity contribution in [2.45, 2.75) is 25.5 Å². The Kier molecular flexibility index (Phi) is 3.54. The average Bonchev–Trinajstić information content (AvgIpc) is 2.83. The number of nitrogens with two attached hydrogens (primary N) is 1. The Morgan fingerprint density at radius 2 is 2.25 bits per heavy atom. The number of ether oxygens (including phenoxy) is 1. The van der Waals surface area contributed by atoms with Crippen LogP contribution in [0.15, 0.2) is 30.3 Å². The fourth-order valence-electron chi connectivity index (χ4n) is 2.51. The van der Waals surface area contributed by atoms with E-state index in [0.29, 0.717) is 4.99 Å². The molecule has 0 aliphatic carbocycles. The number of benzene rings is 1. The van der Waals surface area contributed by atoms with E-state index in [1.54, 1.807) is 0 Å². The molecule has 1 fully saturated rings. The number of pyridine rings is 1. The van der Waals surface area contributed by atoms with E-state index in [1.807, 2.05) is 30.3 Å². The quantitative estimate of drug-likeness (QED) is 0.849. The molecule has 3 rings (SSSR count). The number of hydrogen-bond acceptors (Lipinski definition) is 4. The van der Waals surface area contributed by atoms with Crippen molar-refractivity contribution in [1.82, 2.24) is 4.98 Å². The lowest BCUT2D eigenvalue weighted by atomic mass is 10.1. The maximum atomic E-state index is 5.83. The molecule has 5 heteroatoms. The molecule has 2 heterocycles. The van der Waals surface area contributed by atoms with Gasteiger partial charge in [0.2, 0.25) is 0 Å². The third-order valence-corrected chi connectivity index (χ3v) is 3.91. The molecule has 1 aromatic heterocycles. The van der Waals surface area contributed by atoms with Crippen molar-refractivity contribution in [2.24, 2.45) is 5.73 Å². The van der Waals surface area contributed by atoms with Crippen LogP contribution in [0.5, 0.6) is 0 Å². The highest BCUT2D eigenvalue weighted by atomic mass is 32.1. The summed E-state index contributed by atoms with van der Waals surface area (Å²) in [5, 5.41) is 4.47. The summed E-state index contributed by atoms with van der Waals surface area (Å²) in [6.45, 7) is 2.83. The summed E-state index contributed by atoms with van der Waals surface area (Å²) in [7, 11) is 0. The SMILES string of the molecule is CC1OCCC1Nc1nc2ccccc2cc1C(N)=S. The first-order valence-corrected chi connectivity index (χ1v) is 7.13. The summed E-state index contributed by atoms with van der Waals surface area (Å²) in [5.74, 6) is 0.749. The number of nitrogens with one attached hydrogen (secondary N) is 1. The van der Waals surface area contributed by atoms with Gasteiger partial charge in [-0.2, -0.15) is 0 Å². The molecule has 2 aromatic rings. The topological polar surface area (TPSA) is 60.2 Å². The Morgan fingerprint density at radius 1 is 1.45 bits per heavy atom. The van der Waals surface area contributed by atoms with Crippen molar-refractivity contribution in [1.29, 1.82) is 0 Å². The molecular weight excluding hydrogens is 270 g/mol. The molecule has 0 amide bonds. The van der Waals surface area contributed by atoms with Crippen LogP contribution in [0, 0.1) is 0 Å². The van der Waals surface area contributed by atoms with Crippen molar-refractivity contribution >= 4 is 33.9 Å². The van der Waals surface area contributed by atoms with E-state index in [4.69, 9.17) is 22.7 Å². The lowest BCUT2D eigenvalue weighted by Gasteiger charge is -2.19. The highest BCUT2D eigenvalue weighted by molar-refractivity contribution is 7.80. The van der Waals surface area contributed by atoms with E-state index in [-0.39, 0.29) is 12.1 Å². The predicted octanol–water partition coefficient (Wildman–Crippen LogP) is 2.46. The third-order valence-electron chi connectivity index (χ3n) is 3.69. The molecule has 2 unspecified atom stereocenters. The minimum atomic E-state index is 0.169. The Labute approximate surface area is 123 Å². The van der Waals surface area contributed by atoms with Gasteiger partial charge in [-0.25, -0.2) is 4.98 Å². The molecule has 1 aliphatic rings. The number of nitrogens with zero attached hydrogens (tertiary/aromatic N) is 1. The molecule has 2 atom stereocenters. The van der Waals surface area contributed by atoms with Crippen molar-refractivity contribution in [3.05, 3.63) is 35.9 Å². The molecule has 0 bridgehead atoms. The maximum Gasteiger partial charge on any atom is 0.137 e. The van der Waals surface area contributed by atoms with E-state index in [0.717, 1.165) is 35.3 Å². The number of thiocarbonyl (C=S) groups is 1. The second-order valence-corrected chi connectivity index (χ2v) is 5.50. The fraction of sp³-hybridized carbons (Fsp3) is 0.333. The van der Waals surface area contributed by atoms with Crippen molar-refractivity contribution in [3.63, 3.8) is 0 Å². The molecule has 3 N–H and O–H groups in total. The molecule has 1 aliphatic heterocycles. The second kappa shape index (κ2) is 5.34. The lowest BCUT2D eigenvalue weighted by Crippen LogP contribution is -2.28. The van der Waals surface area contributed by atoms with Gasteiger partial charge in [-0.15, -0.1) is 0 Å². The molecule has 1 saturated heterocycles. The summed E-state index contributed by atoms with van der Waals surface area (Å²) in [4.78, 5) is 5.02. The number of aromatic nitrogens is 1. The molecule has 20 heavy (non-hydrogen) atoms. The van der Waals surface area contributed by atoms with Crippen LogP contribution < -0.4 is 11.1 Å². The van der Waals surface area contributed by atoms with E-state index >= 15 is 0 Å². The first-order valence-electron chi connectivity index (χ1n) is 6.73. The summed E-state index contributed by atoms with van der Waals surface area (Å²) < 4.78 is 5.57. The van der Waals surface area contributed by atoms with Gasteiger partial charge < -0.3 is 15.8 Å². The highest BCUT2D eigenvalue weighted by Crippen LogP contribution is 2.24. The number of fused-ring (bicyclic) bond motifs is 1. The van der Waals surface area contributed by atoms with Gasteiger partial charge in [0.1, 0.15) is 10.8 Å². The van der Waals surface area contributed by atoms with Gasteiger partial charge in [0.05, 0.1) is 23.2 Å². The Morgan fingerprint density at radius 3 is 2.95 bits per heavy atom. The zero-order valence-electron chi connectivity index (χ0n) is 11.3. The first-order chi connectivity index (χ1) is 9.65. The smallest absolute Gasteiger partial charge is 0.137 e. The number of anilines is 1. The third kappa shape index (κ3) is 2.46. The van der Waals surface area contributed by atoms with Gasteiger partial charge in [-0.3, -0.25) is 0 Å². The van der Waals surface area contributed by atoms with Crippen LogP contribution >= 0.6 is 12.2 Å². The molecule has 1 aromatic carbocycles. The molecule has 104 valence electrons. The van der Waals surface area contributed by atoms with Crippen molar-refractivity contribution in [3.8, 4) is 0 Å². The molecule has 0 radical (unpaired) electrons. The van der Waals surface area contributed by atoms with Crippen LogP contribution in [0.25, 0.3) is 10.9 Å². The van der Waals surface area contributed by atoms with Crippen LogP contribution in [0.1, 0.15) is 18.9 Å². The number of hydrogen-bond donors (Lipinski definition) is 2. The van der Waals surface area contributed by atoms with Gasteiger partial charge in [-0.05, 0) is 25.5 Å². The monoisotopic (exact) mass is 287 g/mol. The minimum absolute atomic E-state index is 0.169. The van der Waals surface area contributed by atoms with Crippen LogP contribution in [-0.2, 0) is 4.74 Å². The van der Waals surface area contributed by atoms with Crippen molar-refractivity contribution < 1.29 is 4.74 Å². The van der Waals surface area contributed by atoms with Gasteiger partial charge in [0.25, 0.3) is 0 Å². The van der Waals surface area contributed by atoms with Gasteiger partial charge in [-0.1, -0.05) is 30.4 Å². The van der Waals surface area contributed by atoms with Crippen LogP contribution in [-0.4, -0.2) is 28.7 Å². The van der Waals surface area contributed by atoms with Crippen LogP contribution in [0.4, 0.5) is 5.82 Å². The van der Waals surface area contributed by atoms with Crippen molar-refractivity contribution in [2.75, 3.05) is 11.9 Å². The maximum absolute atomic E-state index is 5.83. The molecular formula is C15H17N3OS. The zero-order valence-corrected chi connectivity index (χ0v) is 12.1. The van der Waals surface area contributed by atoms with E-state index in [9.17, 15) is 0 Å². The van der Waals surface area contributed by atoms with E-state index in [1.165, 1.54) is 0 Å². The zero-order chi connectivity index (χ0) is 14.1. The van der Waals surface area contributed by atoms with Gasteiger partial charge >= 0.3 is 0 Å². The van der Waals surface area contributed by atoms with Gasteiger partial charge in [0.15, 0.2) is 0 Å². The Balaban J connectivity index is 2.03. The largest absolute Gasteiger partial charge is 0.389 e. The average molecular weight is 287 g/mol. The Hall–Kier alpha value is -1.72. The first kappa shape index (κ1) is 13.3. The summed E-state index contributed by atoms with van der Waals surface area (Å²) >= 11 is 5.15. The fourth-order valence-corrected chi connectivity index (χ4v) is 2.67. The molecule has 4 nitrogen and oxygen atoms in total. The highest BCUT2D eigenvalue weighted by Gasteiger charge is 2.25. The van der Waals surface area contributed by atoms with E-state index in [2.05, 4.69) is 17.2 Å². The summed E-state index contributed by atoms with van der Waals surface area (Å²) in [5.41, 5.74) is 7.56. The van der Waals surface area contributed by atoms with Crippen LogP contribution in [0.2, 0.25) is 0 Å². The second-order valence-electron chi connectivity index (χ2n) is 5.06. The Bertz CT molecular complexity index is 659. The number of para-hydroxylation sites is 1. The van der Waals surface area contributed by atoms with Gasteiger partial charge in [0, 0.05) is 12.0 Å². The lowest BCUT2D eigenvalue weighted by molar-refractivity contribution is 0.121. The minimum Gasteiger partial charge on any atom is -0.389 e. The number of rotatable bonds is 3. The molecule has 0 spiro atoms. The predicted molar refractivity (Wildman–Crippen MR) is 85.1 cm³/mol. The summed E-state index contributed by atoms with van der Waals surface area (Å²) in [6, 6.07) is 10.2. The van der Waals surface area contributed by atoms with Crippen LogP contribution in [0.3, 0.4) is 0 Å².